The molecule has 3 rings (SSSR count). The fourth-order valence-electron chi connectivity index (χ4n) is 2.89. The van der Waals surface area contributed by atoms with Gasteiger partial charge in [-0.2, -0.15) is 5.10 Å². The summed E-state index contributed by atoms with van der Waals surface area (Å²) in [4.78, 5) is 12.4. The number of aromatic nitrogens is 2. The van der Waals surface area contributed by atoms with E-state index in [2.05, 4.69) is 10.4 Å². The molecular formula is C16H18ClN3O2. The molecule has 1 aromatic carbocycles. The van der Waals surface area contributed by atoms with Gasteiger partial charge in [-0.1, -0.05) is 30.5 Å². The van der Waals surface area contributed by atoms with Crippen molar-refractivity contribution in [2.24, 2.45) is 0 Å². The van der Waals surface area contributed by atoms with Crippen molar-refractivity contribution < 1.29 is 9.90 Å². The van der Waals surface area contributed by atoms with Gasteiger partial charge in [0.15, 0.2) is 5.69 Å². The van der Waals surface area contributed by atoms with Crippen LogP contribution in [0.5, 0.6) is 0 Å². The Bertz CT molecular complexity index is 678. The van der Waals surface area contributed by atoms with Crippen LogP contribution in [0.2, 0.25) is 5.02 Å². The highest BCUT2D eigenvalue weighted by molar-refractivity contribution is 6.30. The maximum absolute atomic E-state index is 12.4. The smallest absolute Gasteiger partial charge is 0.272 e. The van der Waals surface area contributed by atoms with E-state index in [0.29, 0.717) is 10.7 Å². The molecule has 0 atom stereocenters. The van der Waals surface area contributed by atoms with Gasteiger partial charge in [-0.25, -0.2) is 4.68 Å². The summed E-state index contributed by atoms with van der Waals surface area (Å²) < 4.78 is 1.61. The zero-order chi connectivity index (χ0) is 15.6. The van der Waals surface area contributed by atoms with Crippen molar-refractivity contribution in [3.05, 3.63) is 47.2 Å². The SMILES string of the molecule is O=C(NC1(CO)CCCC1)c1ccn(-c2cccc(Cl)c2)n1. The van der Waals surface area contributed by atoms with Crippen molar-refractivity contribution in [1.82, 2.24) is 15.1 Å². The van der Waals surface area contributed by atoms with E-state index in [0.717, 1.165) is 31.4 Å². The molecule has 0 bridgehead atoms. The number of aliphatic hydroxyl groups is 1. The van der Waals surface area contributed by atoms with Crippen LogP contribution in [0, 0.1) is 0 Å². The second kappa shape index (κ2) is 6.10. The van der Waals surface area contributed by atoms with Crippen LogP contribution in [0.4, 0.5) is 0 Å². The van der Waals surface area contributed by atoms with Gasteiger partial charge in [0.1, 0.15) is 0 Å². The number of carbonyl (C=O) groups is 1. The molecule has 2 aromatic rings. The Morgan fingerprint density at radius 2 is 2.14 bits per heavy atom. The molecule has 1 amide bonds. The first kappa shape index (κ1) is 15.1. The van der Waals surface area contributed by atoms with E-state index in [4.69, 9.17) is 11.6 Å². The summed E-state index contributed by atoms with van der Waals surface area (Å²) in [6, 6.07) is 8.93. The fraction of sp³-hybridized carbons (Fsp3) is 0.375. The summed E-state index contributed by atoms with van der Waals surface area (Å²) in [5, 5.41) is 17.4. The van der Waals surface area contributed by atoms with E-state index in [1.807, 2.05) is 12.1 Å². The zero-order valence-electron chi connectivity index (χ0n) is 12.1. The number of benzene rings is 1. The third-order valence-corrected chi connectivity index (χ3v) is 4.37. The molecule has 1 fully saturated rings. The number of hydrogen-bond donors (Lipinski definition) is 2. The lowest BCUT2D eigenvalue weighted by Gasteiger charge is -2.27. The topological polar surface area (TPSA) is 67.2 Å². The summed E-state index contributed by atoms with van der Waals surface area (Å²) in [6.07, 6.45) is 5.39. The first-order valence-electron chi connectivity index (χ1n) is 7.37. The van der Waals surface area contributed by atoms with E-state index in [-0.39, 0.29) is 12.5 Å². The molecule has 22 heavy (non-hydrogen) atoms. The minimum atomic E-state index is -0.489. The van der Waals surface area contributed by atoms with Gasteiger partial charge < -0.3 is 10.4 Å². The molecule has 1 aromatic heterocycles. The van der Waals surface area contributed by atoms with Crippen molar-refractivity contribution in [1.29, 1.82) is 0 Å². The molecule has 1 heterocycles. The molecule has 0 radical (unpaired) electrons. The van der Waals surface area contributed by atoms with Gasteiger partial charge in [0.2, 0.25) is 0 Å². The lowest BCUT2D eigenvalue weighted by Crippen LogP contribution is -2.49. The molecule has 0 unspecified atom stereocenters. The van der Waals surface area contributed by atoms with Crippen molar-refractivity contribution >= 4 is 17.5 Å². The van der Waals surface area contributed by atoms with Crippen molar-refractivity contribution in [2.75, 3.05) is 6.61 Å². The number of amides is 1. The molecule has 1 aliphatic carbocycles. The molecule has 116 valence electrons. The maximum Gasteiger partial charge on any atom is 0.272 e. The van der Waals surface area contributed by atoms with Crippen LogP contribution in [0.1, 0.15) is 36.2 Å². The zero-order valence-corrected chi connectivity index (χ0v) is 12.9. The lowest BCUT2D eigenvalue weighted by molar-refractivity contribution is 0.0833. The van der Waals surface area contributed by atoms with Gasteiger partial charge in [-0.15, -0.1) is 0 Å². The molecule has 2 N–H and O–H groups in total. The first-order chi connectivity index (χ1) is 10.6. The highest BCUT2D eigenvalue weighted by Gasteiger charge is 2.35. The van der Waals surface area contributed by atoms with Gasteiger partial charge >= 0.3 is 0 Å². The average molecular weight is 320 g/mol. The molecule has 1 saturated carbocycles. The molecule has 6 heteroatoms. The van der Waals surface area contributed by atoms with Gasteiger partial charge in [0.25, 0.3) is 5.91 Å². The molecule has 1 aliphatic rings. The standard InChI is InChI=1S/C16H18ClN3O2/c17-12-4-3-5-13(10-12)20-9-6-14(19-20)15(22)18-16(11-21)7-1-2-8-16/h3-6,9-10,21H,1-2,7-8,11H2,(H,18,22). The second-order valence-electron chi connectivity index (χ2n) is 5.73. The van der Waals surface area contributed by atoms with E-state index in [1.165, 1.54) is 0 Å². The second-order valence-corrected chi connectivity index (χ2v) is 6.16. The quantitative estimate of drug-likeness (QED) is 0.910. The molecule has 5 nitrogen and oxygen atoms in total. The molecule has 0 spiro atoms. The molecule has 0 aliphatic heterocycles. The summed E-state index contributed by atoms with van der Waals surface area (Å²) in [6.45, 7) is -0.0340. The highest BCUT2D eigenvalue weighted by atomic mass is 35.5. The number of hydrogen-bond acceptors (Lipinski definition) is 3. The minimum absolute atomic E-state index is 0.0340. The number of nitrogens with zero attached hydrogens (tertiary/aromatic N) is 2. The summed E-state index contributed by atoms with van der Waals surface area (Å²) >= 11 is 5.97. The Labute approximate surface area is 133 Å². The summed E-state index contributed by atoms with van der Waals surface area (Å²) in [5.41, 5.74) is 0.640. The molecular weight excluding hydrogens is 302 g/mol. The first-order valence-corrected chi connectivity index (χ1v) is 7.75. The van der Waals surface area contributed by atoms with Gasteiger partial charge in [-0.3, -0.25) is 4.79 Å². The van der Waals surface area contributed by atoms with Gasteiger partial charge in [0.05, 0.1) is 17.8 Å². The monoisotopic (exact) mass is 319 g/mol. The Morgan fingerprint density at radius 3 is 2.82 bits per heavy atom. The van der Waals surface area contributed by atoms with Crippen LogP contribution >= 0.6 is 11.6 Å². The van der Waals surface area contributed by atoms with Gasteiger partial charge in [-0.05, 0) is 37.1 Å². The number of aliphatic hydroxyl groups excluding tert-OH is 1. The van der Waals surface area contributed by atoms with Crippen molar-refractivity contribution in [3.63, 3.8) is 0 Å². The molecule has 0 saturated heterocycles. The van der Waals surface area contributed by atoms with Crippen LogP contribution in [0.25, 0.3) is 5.69 Å². The summed E-state index contributed by atoms with van der Waals surface area (Å²) in [7, 11) is 0. The van der Waals surface area contributed by atoms with Gasteiger partial charge in [0, 0.05) is 11.2 Å². The normalized spacial score (nSPS) is 16.6. The van der Waals surface area contributed by atoms with E-state index >= 15 is 0 Å². The van der Waals surface area contributed by atoms with E-state index in [1.54, 1.807) is 29.1 Å². The third kappa shape index (κ3) is 3.00. The third-order valence-electron chi connectivity index (χ3n) is 4.14. The lowest BCUT2D eigenvalue weighted by atomic mass is 9.99. The summed E-state index contributed by atoms with van der Waals surface area (Å²) in [5.74, 6) is -0.253. The predicted molar refractivity (Wildman–Crippen MR) is 84.3 cm³/mol. The van der Waals surface area contributed by atoms with E-state index < -0.39 is 5.54 Å². The van der Waals surface area contributed by atoms with Crippen LogP contribution in [-0.2, 0) is 0 Å². The minimum Gasteiger partial charge on any atom is -0.394 e. The Kier molecular flexibility index (Phi) is 4.18. The van der Waals surface area contributed by atoms with Crippen molar-refractivity contribution in [3.8, 4) is 5.69 Å². The number of carbonyl (C=O) groups excluding carboxylic acids is 1. The van der Waals surface area contributed by atoms with Crippen LogP contribution in [-0.4, -0.2) is 32.9 Å². The predicted octanol–water partition coefficient (Wildman–Crippen LogP) is 2.56. The Balaban J connectivity index is 1.77. The van der Waals surface area contributed by atoms with Crippen LogP contribution < -0.4 is 5.32 Å². The van der Waals surface area contributed by atoms with Crippen molar-refractivity contribution in [2.45, 2.75) is 31.2 Å². The van der Waals surface area contributed by atoms with Crippen LogP contribution in [0.15, 0.2) is 36.5 Å². The fourth-order valence-corrected chi connectivity index (χ4v) is 3.07. The Hall–Kier alpha value is -1.85. The maximum atomic E-state index is 12.4. The average Bonchev–Trinajstić information content (AvgIpc) is 3.17. The number of rotatable bonds is 4. The van der Waals surface area contributed by atoms with E-state index in [9.17, 15) is 9.90 Å². The largest absolute Gasteiger partial charge is 0.394 e. The number of halogens is 1. The van der Waals surface area contributed by atoms with Crippen LogP contribution in [0.3, 0.4) is 0 Å². The highest BCUT2D eigenvalue weighted by Crippen LogP contribution is 2.29. The number of nitrogens with one attached hydrogen (secondary N) is 1. The Morgan fingerprint density at radius 1 is 1.36 bits per heavy atom.